The summed E-state index contributed by atoms with van der Waals surface area (Å²) < 4.78 is 39.2. The van der Waals surface area contributed by atoms with Gasteiger partial charge in [0.05, 0.1) is 6.04 Å². The van der Waals surface area contributed by atoms with Crippen LogP contribution in [0.3, 0.4) is 0 Å². The van der Waals surface area contributed by atoms with Gasteiger partial charge in [-0.3, -0.25) is 4.79 Å². The number of halogens is 3. The summed E-state index contributed by atoms with van der Waals surface area (Å²) in [7, 11) is 0. The first-order valence-corrected chi connectivity index (χ1v) is 9.27. The smallest absolute Gasteiger partial charge is 0.367 e. The summed E-state index contributed by atoms with van der Waals surface area (Å²) in [5.41, 5.74) is -1.16. The number of piperidine rings is 1. The molecule has 0 bridgehead atoms. The van der Waals surface area contributed by atoms with Crippen molar-refractivity contribution in [2.24, 2.45) is 0 Å². The van der Waals surface area contributed by atoms with Crippen LogP contribution in [0.15, 0.2) is 29.1 Å². The Kier molecular flexibility index (Phi) is 5.85. The average Bonchev–Trinajstić information content (AvgIpc) is 2.66. The van der Waals surface area contributed by atoms with Gasteiger partial charge in [0.25, 0.3) is 5.56 Å². The fourth-order valence-electron chi connectivity index (χ4n) is 3.25. The number of alkyl halides is 3. The summed E-state index contributed by atoms with van der Waals surface area (Å²) >= 11 is 0. The molecule has 0 saturated carbocycles. The van der Waals surface area contributed by atoms with E-state index in [1.807, 2.05) is 13.8 Å². The van der Waals surface area contributed by atoms with Crippen LogP contribution in [-0.4, -0.2) is 39.1 Å². The maximum Gasteiger partial charge on any atom is 0.435 e. The lowest BCUT2D eigenvalue weighted by Gasteiger charge is -2.37. The first-order chi connectivity index (χ1) is 13.3. The predicted molar refractivity (Wildman–Crippen MR) is 99.4 cm³/mol. The zero-order chi connectivity index (χ0) is 20.3. The summed E-state index contributed by atoms with van der Waals surface area (Å²) in [6.45, 7) is 5.09. The molecule has 152 valence electrons. The van der Waals surface area contributed by atoms with Gasteiger partial charge in [-0.2, -0.15) is 18.3 Å². The third kappa shape index (κ3) is 4.60. The van der Waals surface area contributed by atoms with Gasteiger partial charge in [-0.1, -0.05) is 0 Å². The molecule has 0 aromatic carbocycles. The van der Waals surface area contributed by atoms with Crippen LogP contribution in [0.1, 0.15) is 44.8 Å². The van der Waals surface area contributed by atoms with Crippen molar-refractivity contribution in [2.45, 2.75) is 51.4 Å². The van der Waals surface area contributed by atoms with E-state index in [1.54, 1.807) is 6.07 Å². The standard InChI is InChI=1S/C18H23F3N6O/c1-12(2)27-17(28)9-8-16(25-27)26-10-4-3-5-13(26)11-22-15-7-6-14(23-24-15)18(19,20)21/h6-9,12-13H,3-5,10-11H2,1-2H3,(H,22,24). The molecule has 1 atom stereocenters. The van der Waals surface area contributed by atoms with Crippen molar-refractivity contribution in [3.8, 4) is 0 Å². The zero-order valence-corrected chi connectivity index (χ0v) is 15.8. The fraction of sp³-hybridized carbons (Fsp3) is 0.556. The topological polar surface area (TPSA) is 75.9 Å². The number of nitrogens with zero attached hydrogens (tertiary/aromatic N) is 5. The second-order valence-corrected chi connectivity index (χ2v) is 7.09. The van der Waals surface area contributed by atoms with Crippen molar-refractivity contribution < 1.29 is 13.2 Å². The summed E-state index contributed by atoms with van der Waals surface area (Å²) in [5, 5.41) is 14.4. The molecule has 2 aromatic heterocycles. The van der Waals surface area contributed by atoms with Crippen LogP contribution in [0, 0.1) is 0 Å². The Morgan fingerprint density at radius 2 is 1.96 bits per heavy atom. The first kappa shape index (κ1) is 20.1. The quantitative estimate of drug-likeness (QED) is 0.837. The number of aromatic nitrogens is 4. The Morgan fingerprint density at radius 3 is 2.61 bits per heavy atom. The van der Waals surface area contributed by atoms with Gasteiger partial charge in [-0.15, -0.1) is 10.2 Å². The van der Waals surface area contributed by atoms with Gasteiger partial charge in [0, 0.05) is 25.2 Å². The van der Waals surface area contributed by atoms with E-state index in [-0.39, 0.29) is 17.6 Å². The minimum atomic E-state index is -4.50. The molecule has 1 aliphatic rings. The molecule has 3 rings (SSSR count). The van der Waals surface area contributed by atoms with Crippen molar-refractivity contribution in [1.82, 2.24) is 20.0 Å². The molecular weight excluding hydrogens is 373 g/mol. The molecule has 1 unspecified atom stereocenters. The van der Waals surface area contributed by atoms with Crippen molar-refractivity contribution in [2.75, 3.05) is 23.3 Å². The van der Waals surface area contributed by atoms with Crippen LogP contribution < -0.4 is 15.8 Å². The molecule has 0 aliphatic carbocycles. The molecule has 0 amide bonds. The lowest BCUT2D eigenvalue weighted by atomic mass is 10.0. The van der Waals surface area contributed by atoms with Gasteiger partial charge < -0.3 is 10.2 Å². The molecule has 0 radical (unpaired) electrons. The van der Waals surface area contributed by atoms with Crippen molar-refractivity contribution in [3.63, 3.8) is 0 Å². The van der Waals surface area contributed by atoms with E-state index >= 15 is 0 Å². The van der Waals surface area contributed by atoms with Crippen LogP contribution in [0.5, 0.6) is 0 Å². The van der Waals surface area contributed by atoms with E-state index in [1.165, 1.54) is 16.8 Å². The Labute approximate surface area is 160 Å². The molecule has 1 aliphatic heterocycles. The highest BCUT2D eigenvalue weighted by molar-refractivity contribution is 5.41. The monoisotopic (exact) mass is 396 g/mol. The Morgan fingerprint density at radius 1 is 1.18 bits per heavy atom. The summed E-state index contributed by atoms with van der Waals surface area (Å²) in [6.07, 6.45) is -1.54. The largest absolute Gasteiger partial charge is 0.435 e. The van der Waals surface area contributed by atoms with Crippen LogP contribution in [0.4, 0.5) is 24.8 Å². The number of hydrogen-bond acceptors (Lipinski definition) is 6. The molecule has 1 saturated heterocycles. The van der Waals surface area contributed by atoms with E-state index in [0.29, 0.717) is 12.4 Å². The second kappa shape index (κ2) is 8.15. The third-order valence-electron chi connectivity index (χ3n) is 4.70. The number of hydrogen-bond donors (Lipinski definition) is 1. The Bertz CT molecular complexity index is 850. The first-order valence-electron chi connectivity index (χ1n) is 9.27. The van der Waals surface area contributed by atoms with Crippen molar-refractivity contribution in [1.29, 1.82) is 0 Å². The molecule has 0 spiro atoms. The van der Waals surface area contributed by atoms with Crippen molar-refractivity contribution in [3.05, 3.63) is 40.3 Å². The molecule has 7 nitrogen and oxygen atoms in total. The fourth-order valence-corrected chi connectivity index (χ4v) is 3.25. The van der Waals surface area contributed by atoms with Crippen LogP contribution >= 0.6 is 0 Å². The van der Waals surface area contributed by atoms with Gasteiger partial charge in [-0.05, 0) is 51.3 Å². The average molecular weight is 396 g/mol. The second-order valence-electron chi connectivity index (χ2n) is 7.09. The third-order valence-corrected chi connectivity index (χ3v) is 4.70. The lowest BCUT2D eigenvalue weighted by Crippen LogP contribution is -2.45. The summed E-state index contributed by atoms with van der Waals surface area (Å²) in [5.74, 6) is 1.01. The molecule has 1 N–H and O–H groups in total. The number of anilines is 2. The van der Waals surface area contributed by atoms with Gasteiger partial charge >= 0.3 is 6.18 Å². The molecular formula is C18H23F3N6O. The lowest BCUT2D eigenvalue weighted by molar-refractivity contribution is -0.141. The molecule has 3 heterocycles. The minimum Gasteiger partial charge on any atom is -0.367 e. The van der Waals surface area contributed by atoms with E-state index in [0.717, 1.165) is 37.7 Å². The van der Waals surface area contributed by atoms with Gasteiger partial charge in [0.1, 0.15) is 11.6 Å². The van der Waals surface area contributed by atoms with Gasteiger partial charge in [-0.25, -0.2) is 4.68 Å². The van der Waals surface area contributed by atoms with E-state index < -0.39 is 11.9 Å². The number of rotatable bonds is 5. The maximum absolute atomic E-state index is 12.6. The molecule has 10 heteroatoms. The van der Waals surface area contributed by atoms with Crippen LogP contribution in [0.25, 0.3) is 0 Å². The van der Waals surface area contributed by atoms with E-state index in [4.69, 9.17) is 0 Å². The number of nitrogens with one attached hydrogen (secondary N) is 1. The Hall–Kier alpha value is -2.65. The minimum absolute atomic E-state index is 0.0452. The van der Waals surface area contributed by atoms with Gasteiger partial charge in [0.2, 0.25) is 0 Å². The Balaban J connectivity index is 1.72. The van der Waals surface area contributed by atoms with E-state index in [9.17, 15) is 18.0 Å². The summed E-state index contributed by atoms with van der Waals surface area (Å²) in [6, 6.07) is 5.47. The van der Waals surface area contributed by atoms with E-state index in [2.05, 4.69) is 25.5 Å². The summed E-state index contributed by atoms with van der Waals surface area (Å²) in [4.78, 5) is 14.1. The normalized spacial score (nSPS) is 17.8. The SMILES string of the molecule is CC(C)n1nc(N2CCCCC2CNc2ccc(C(F)(F)F)nn2)ccc1=O. The molecule has 2 aromatic rings. The van der Waals surface area contributed by atoms with Crippen LogP contribution in [-0.2, 0) is 6.18 Å². The predicted octanol–water partition coefficient (Wildman–Crippen LogP) is 3.10. The molecule has 1 fully saturated rings. The highest BCUT2D eigenvalue weighted by Gasteiger charge is 2.33. The van der Waals surface area contributed by atoms with Crippen LogP contribution in [0.2, 0.25) is 0 Å². The highest BCUT2D eigenvalue weighted by Crippen LogP contribution is 2.27. The zero-order valence-electron chi connectivity index (χ0n) is 15.8. The highest BCUT2D eigenvalue weighted by atomic mass is 19.4. The maximum atomic E-state index is 12.6. The molecule has 28 heavy (non-hydrogen) atoms. The van der Waals surface area contributed by atoms with Crippen molar-refractivity contribution >= 4 is 11.6 Å². The van der Waals surface area contributed by atoms with Gasteiger partial charge in [0.15, 0.2) is 5.69 Å².